The van der Waals surface area contributed by atoms with E-state index in [0.29, 0.717) is 0 Å². The summed E-state index contributed by atoms with van der Waals surface area (Å²) in [5.74, 6) is -6.29. The second kappa shape index (κ2) is 7.36. The number of fused-ring (bicyclic) bond motifs is 2. The van der Waals surface area contributed by atoms with E-state index >= 15 is 8.78 Å². The average molecular weight is 432 g/mol. The van der Waals surface area contributed by atoms with Crippen molar-refractivity contribution in [3.63, 3.8) is 0 Å². The van der Waals surface area contributed by atoms with Gasteiger partial charge in [0.05, 0.1) is 0 Å². The van der Waals surface area contributed by atoms with Crippen LogP contribution in [-0.4, -0.2) is 8.07 Å². The lowest BCUT2D eigenvalue weighted by molar-refractivity contribution is 0.411. The maximum absolute atomic E-state index is 15.7. The van der Waals surface area contributed by atoms with Gasteiger partial charge in [0, 0.05) is 10.8 Å². The van der Waals surface area contributed by atoms with E-state index in [4.69, 9.17) is 0 Å². The third-order valence-electron chi connectivity index (χ3n) is 5.89. The average Bonchev–Trinajstić information content (AvgIpc) is 2.98. The van der Waals surface area contributed by atoms with Crippen molar-refractivity contribution in [3.8, 4) is 0 Å². The standard InChI is InChI=1S/C26H16F4Si/c27-22-20-16-15-17-9-7-8-14-21(17)31(18-10-3-1-4-11-18,19-12-5-2-6-13-19)26(20)25(30)24(29)23(22)28/h1-16H. The van der Waals surface area contributed by atoms with E-state index in [-0.39, 0.29) is 10.8 Å². The van der Waals surface area contributed by atoms with Crippen LogP contribution in [0.4, 0.5) is 17.6 Å². The van der Waals surface area contributed by atoms with E-state index in [1.54, 1.807) is 6.08 Å². The molecule has 4 aromatic carbocycles. The molecular formula is C26H16F4Si. The highest BCUT2D eigenvalue weighted by atomic mass is 28.3. The number of hydrogen-bond donors (Lipinski definition) is 0. The van der Waals surface area contributed by atoms with E-state index < -0.39 is 31.3 Å². The highest BCUT2D eigenvalue weighted by molar-refractivity contribution is 7.20. The molecule has 0 N–H and O–H groups in total. The molecule has 0 fully saturated rings. The van der Waals surface area contributed by atoms with Gasteiger partial charge in [-0.15, -0.1) is 0 Å². The normalized spacial score (nSPS) is 13.9. The summed E-state index contributed by atoms with van der Waals surface area (Å²) in [5, 5.41) is 2.18. The van der Waals surface area contributed by atoms with Crippen molar-refractivity contribution in [2.24, 2.45) is 0 Å². The van der Waals surface area contributed by atoms with Crippen LogP contribution in [0.2, 0.25) is 0 Å². The van der Waals surface area contributed by atoms with Crippen molar-refractivity contribution in [1.82, 2.24) is 0 Å². The summed E-state index contributed by atoms with van der Waals surface area (Å²) >= 11 is 0. The third-order valence-corrected chi connectivity index (χ3v) is 10.8. The van der Waals surface area contributed by atoms with Gasteiger partial charge in [-0.25, -0.2) is 17.6 Å². The summed E-state index contributed by atoms with van der Waals surface area (Å²) in [4.78, 5) is 0. The first-order valence-corrected chi connectivity index (χ1v) is 11.8. The van der Waals surface area contributed by atoms with E-state index in [9.17, 15) is 8.78 Å². The monoisotopic (exact) mass is 432 g/mol. The Bertz CT molecular complexity index is 1280. The molecule has 0 unspecified atom stereocenters. The number of hydrogen-bond acceptors (Lipinski definition) is 0. The molecule has 0 saturated carbocycles. The van der Waals surface area contributed by atoms with Crippen molar-refractivity contribution < 1.29 is 17.6 Å². The Morgan fingerprint density at radius 2 is 1.00 bits per heavy atom. The molecule has 0 nitrogen and oxygen atoms in total. The van der Waals surface area contributed by atoms with Crippen molar-refractivity contribution in [2.45, 2.75) is 0 Å². The van der Waals surface area contributed by atoms with Crippen molar-refractivity contribution >= 4 is 41.0 Å². The van der Waals surface area contributed by atoms with Crippen LogP contribution in [0.1, 0.15) is 11.1 Å². The maximum atomic E-state index is 15.7. The lowest BCUT2D eigenvalue weighted by atomic mass is 10.1. The molecule has 4 aromatic rings. The van der Waals surface area contributed by atoms with Gasteiger partial charge in [-0.1, -0.05) is 97.1 Å². The number of halogens is 4. The minimum Gasteiger partial charge on any atom is -0.204 e. The topological polar surface area (TPSA) is 0 Å². The first kappa shape index (κ1) is 19.5. The first-order chi connectivity index (χ1) is 15.1. The summed E-state index contributed by atoms with van der Waals surface area (Å²) in [6, 6.07) is 25.8. The minimum absolute atomic E-state index is 0.109. The van der Waals surface area contributed by atoms with Crippen molar-refractivity contribution in [3.05, 3.63) is 119 Å². The minimum atomic E-state index is -3.54. The molecule has 5 rings (SSSR count). The van der Waals surface area contributed by atoms with E-state index in [2.05, 4.69) is 0 Å². The summed E-state index contributed by atoms with van der Waals surface area (Å²) in [6.45, 7) is 0. The second-order valence-electron chi connectivity index (χ2n) is 7.45. The summed E-state index contributed by atoms with van der Waals surface area (Å²) in [5.41, 5.74) is 0.518. The van der Waals surface area contributed by atoms with Gasteiger partial charge >= 0.3 is 0 Å². The zero-order valence-corrected chi connectivity index (χ0v) is 17.2. The number of rotatable bonds is 2. The summed E-state index contributed by atoms with van der Waals surface area (Å²) in [6.07, 6.45) is 3.00. The lowest BCUT2D eigenvalue weighted by Crippen LogP contribution is -2.76. The van der Waals surface area contributed by atoms with Crippen molar-refractivity contribution in [1.29, 1.82) is 0 Å². The third kappa shape index (κ3) is 2.73. The molecule has 5 heteroatoms. The van der Waals surface area contributed by atoms with Gasteiger partial charge < -0.3 is 0 Å². The van der Waals surface area contributed by atoms with Gasteiger partial charge in [0.15, 0.2) is 31.3 Å². The maximum Gasteiger partial charge on any atom is 0.198 e. The van der Waals surface area contributed by atoms with E-state index in [1.165, 1.54) is 6.08 Å². The Morgan fingerprint density at radius 1 is 0.484 bits per heavy atom. The molecule has 0 saturated heterocycles. The molecule has 0 bridgehead atoms. The summed E-state index contributed by atoms with van der Waals surface area (Å²) < 4.78 is 59.7. The molecule has 0 radical (unpaired) electrons. The smallest absolute Gasteiger partial charge is 0.198 e. The predicted molar refractivity (Wildman–Crippen MR) is 119 cm³/mol. The quantitative estimate of drug-likeness (QED) is 0.171. The van der Waals surface area contributed by atoms with Crippen LogP contribution in [0, 0.1) is 23.3 Å². The molecule has 1 aliphatic rings. The van der Waals surface area contributed by atoms with Crippen LogP contribution in [-0.2, 0) is 0 Å². The Balaban J connectivity index is 2.09. The highest BCUT2D eigenvalue weighted by Crippen LogP contribution is 2.26. The fraction of sp³-hybridized carbons (Fsp3) is 0. The van der Waals surface area contributed by atoms with Crippen LogP contribution in [0.25, 0.3) is 12.2 Å². The fourth-order valence-electron chi connectivity index (χ4n) is 4.61. The zero-order valence-electron chi connectivity index (χ0n) is 16.2. The first-order valence-electron chi connectivity index (χ1n) is 9.82. The fourth-order valence-corrected chi connectivity index (χ4v) is 9.77. The molecule has 0 spiro atoms. The molecule has 1 heterocycles. The molecule has 0 aliphatic carbocycles. The Hall–Kier alpha value is -3.44. The van der Waals surface area contributed by atoms with E-state index in [0.717, 1.165) is 21.1 Å². The molecular weight excluding hydrogens is 416 g/mol. The van der Waals surface area contributed by atoms with Gasteiger partial charge in [-0.05, 0) is 21.1 Å². The van der Waals surface area contributed by atoms with Gasteiger partial charge in [0.2, 0.25) is 0 Å². The highest BCUT2D eigenvalue weighted by Gasteiger charge is 2.48. The second-order valence-corrected chi connectivity index (χ2v) is 11.1. The number of benzene rings is 4. The van der Waals surface area contributed by atoms with Crippen LogP contribution < -0.4 is 20.7 Å². The molecule has 0 aromatic heterocycles. The molecule has 31 heavy (non-hydrogen) atoms. The predicted octanol–water partition coefficient (Wildman–Crippen LogP) is 4.10. The van der Waals surface area contributed by atoms with Crippen LogP contribution in [0.3, 0.4) is 0 Å². The lowest BCUT2D eigenvalue weighted by Gasteiger charge is -2.36. The Morgan fingerprint density at radius 3 is 1.61 bits per heavy atom. The van der Waals surface area contributed by atoms with Crippen LogP contribution in [0.5, 0.6) is 0 Å². The van der Waals surface area contributed by atoms with Gasteiger partial charge in [0.25, 0.3) is 0 Å². The Kier molecular flexibility index (Phi) is 4.63. The van der Waals surface area contributed by atoms with Gasteiger partial charge in [0.1, 0.15) is 0 Å². The molecule has 152 valence electrons. The van der Waals surface area contributed by atoms with Gasteiger partial charge in [-0.2, -0.15) is 0 Å². The summed E-state index contributed by atoms with van der Waals surface area (Å²) in [7, 11) is -3.54. The largest absolute Gasteiger partial charge is 0.204 e. The van der Waals surface area contributed by atoms with E-state index in [1.807, 2.05) is 84.9 Å². The molecule has 0 atom stereocenters. The molecule has 1 aliphatic heterocycles. The molecule has 0 amide bonds. The van der Waals surface area contributed by atoms with Crippen LogP contribution >= 0.6 is 0 Å². The van der Waals surface area contributed by atoms with Crippen LogP contribution in [0.15, 0.2) is 84.9 Å². The zero-order chi connectivity index (χ0) is 21.6. The van der Waals surface area contributed by atoms with Crippen molar-refractivity contribution in [2.75, 3.05) is 0 Å². The SMILES string of the molecule is Fc1c(F)c(F)c2c(c1F)C=Cc1ccccc1[Si]2(c1ccccc1)c1ccccc1. The van der Waals surface area contributed by atoms with Gasteiger partial charge in [-0.3, -0.25) is 0 Å². The Labute approximate surface area is 178 Å².